The summed E-state index contributed by atoms with van der Waals surface area (Å²) in [5.41, 5.74) is 6.42. The molecule has 0 aromatic heterocycles. The number of hydrogen-bond donors (Lipinski definition) is 1. The monoisotopic (exact) mass is 167 g/mol. The molecule has 0 saturated heterocycles. The van der Waals surface area contributed by atoms with Gasteiger partial charge in [-0.1, -0.05) is 19.9 Å². The highest BCUT2D eigenvalue weighted by atomic mass is 14.6. The predicted molar refractivity (Wildman–Crippen MR) is 53.9 cm³/mol. The molecule has 0 amide bonds. The molecule has 70 valence electrons. The molecule has 2 atom stereocenters. The second-order valence-electron chi connectivity index (χ2n) is 4.74. The van der Waals surface area contributed by atoms with E-state index in [-0.39, 0.29) is 0 Å². The zero-order valence-electron chi connectivity index (χ0n) is 8.34. The summed E-state index contributed by atoms with van der Waals surface area (Å²) in [6, 6.07) is 0.433. The van der Waals surface area contributed by atoms with Crippen LogP contribution in [0.25, 0.3) is 0 Å². The van der Waals surface area contributed by atoms with E-state index in [2.05, 4.69) is 20.4 Å². The van der Waals surface area contributed by atoms with Crippen molar-refractivity contribution in [2.45, 2.75) is 45.6 Å². The summed E-state index contributed by atoms with van der Waals surface area (Å²) in [4.78, 5) is 0. The van der Waals surface area contributed by atoms with Crippen molar-refractivity contribution >= 4 is 0 Å². The normalized spacial score (nSPS) is 34.6. The molecule has 0 spiro atoms. The number of allylic oxidation sites excluding steroid dienone is 1. The van der Waals surface area contributed by atoms with Gasteiger partial charge >= 0.3 is 0 Å². The second-order valence-corrected chi connectivity index (χ2v) is 4.74. The summed E-state index contributed by atoms with van der Waals surface area (Å²) in [6.07, 6.45) is 6.80. The average molecular weight is 167 g/mol. The highest BCUT2D eigenvalue weighted by Gasteiger charge is 2.33. The summed E-state index contributed by atoms with van der Waals surface area (Å²) in [5, 5.41) is 0. The Morgan fingerprint density at radius 2 is 2.25 bits per heavy atom. The zero-order valence-corrected chi connectivity index (χ0v) is 8.34. The molecule has 0 radical (unpaired) electrons. The molecule has 1 rings (SSSR count). The third-order valence-electron chi connectivity index (χ3n) is 3.30. The SMILES string of the molecule is C=CCC1CC(N)CCC1(C)C. The molecule has 1 heteroatoms. The topological polar surface area (TPSA) is 26.0 Å². The second kappa shape index (κ2) is 3.61. The fourth-order valence-electron chi connectivity index (χ4n) is 2.18. The van der Waals surface area contributed by atoms with Crippen LogP contribution in [-0.4, -0.2) is 6.04 Å². The lowest BCUT2D eigenvalue weighted by Gasteiger charge is -2.40. The Labute approximate surface area is 76.0 Å². The highest BCUT2D eigenvalue weighted by molar-refractivity contribution is 4.90. The van der Waals surface area contributed by atoms with Crippen LogP contribution in [0.1, 0.15) is 39.5 Å². The van der Waals surface area contributed by atoms with Crippen LogP contribution in [0.2, 0.25) is 0 Å². The van der Waals surface area contributed by atoms with Gasteiger partial charge in [-0.15, -0.1) is 6.58 Å². The molecule has 1 aliphatic rings. The minimum atomic E-state index is 0.433. The van der Waals surface area contributed by atoms with Crippen molar-refractivity contribution in [3.63, 3.8) is 0 Å². The number of rotatable bonds is 2. The molecule has 12 heavy (non-hydrogen) atoms. The van der Waals surface area contributed by atoms with Crippen molar-refractivity contribution in [2.75, 3.05) is 0 Å². The van der Waals surface area contributed by atoms with Crippen LogP contribution in [0.15, 0.2) is 12.7 Å². The van der Waals surface area contributed by atoms with Crippen LogP contribution in [0.4, 0.5) is 0 Å². The van der Waals surface area contributed by atoms with Gasteiger partial charge in [0, 0.05) is 6.04 Å². The van der Waals surface area contributed by atoms with E-state index in [1.54, 1.807) is 0 Å². The molecule has 0 heterocycles. The van der Waals surface area contributed by atoms with Crippen LogP contribution in [0.3, 0.4) is 0 Å². The smallest absolute Gasteiger partial charge is 0.00419 e. The molecule has 2 N–H and O–H groups in total. The summed E-state index contributed by atoms with van der Waals surface area (Å²) in [5.74, 6) is 0.749. The first-order valence-corrected chi connectivity index (χ1v) is 4.93. The lowest BCUT2D eigenvalue weighted by atomic mass is 9.66. The number of nitrogens with two attached hydrogens (primary N) is 1. The third kappa shape index (κ3) is 2.10. The van der Waals surface area contributed by atoms with Crippen LogP contribution in [0.5, 0.6) is 0 Å². The minimum Gasteiger partial charge on any atom is -0.328 e. The van der Waals surface area contributed by atoms with Gasteiger partial charge in [-0.25, -0.2) is 0 Å². The van der Waals surface area contributed by atoms with Gasteiger partial charge < -0.3 is 5.73 Å². The molecular formula is C11H21N. The lowest BCUT2D eigenvalue weighted by molar-refractivity contribution is 0.126. The van der Waals surface area contributed by atoms with Gasteiger partial charge in [-0.05, 0) is 37.0 Å². The van der Waals surface area contributed by atoms with E-state index in [9.17, 15) is 0 Å². The molecule has 0 aromatic carbocycles. The number of hydrogen-bond acceptors (Lipinski definition) is 1. The zero-order chi connectivity index (χ0) is 9.19. The van der Waals surface area contributed by atoms with Crippen LogP contribution >= 0.6 is 0 Å². The average Bonchev–Trinajstić information content (AvgIpc) is 1.98. The minimum absolute atomic E-state index is 0.433. The Bertz CT molecular complexity index is 160. The first-order chi connectivity index (χ1) is 5.56. The van der Waals surface area contributed by atoms with E-state index in [1.165, 1.54) is 19.3 Å². The molecule has 0 aliphatic heterocycles. The van der Waals surface area contributed by atoms with E-state index in [4.69, 9.17) is 5.73 Å². The maximum absolute atomic E-state index is 5.94. The van der Waals surface area contributed by atoms with Crippen molar-refractivity contribution in [3.8, 4) is 0 Å². The van der Waals surface area contributed by atoms with Crippen LogP contribution in [-0.2, 0) is 0 Å². The standard InChI is InChI=1S/C11H21N/c1-4-5-9-8-10(12)6-7-11(9,2)3/h4,9-10H,1,5-8,12H2,2-3H3. The maximum atomic E-state index is 5.94. The molecule has 1 fully saturated rings. The molecule has 1 saturated carbocycles. The molecule has 1 aliphatic carbocycles. The van der Waals surface area contributed by atoms with Crippen molar-refractivity contribution in [3.05, 3.63) is 12.7 Å². The largest absolute Gasteiger partial charge is 0.328 e. The first-order valence-electron chi connectivity index (χ1n) is 4.93. The summed E-state index contributed by atoms with van der Waals surface area (Å²) in [6.45, 7) is 8.51. The van der Waals surface area contributed by atoms with Crippen molar-refractivity contribution in [1.29, 1.82) is 0 Å². The van der Waals surface area contributed by atoms with Gasteiger partial charge in [0.05, 0.1) is 0 Å². The predicted octanol–water partition coefficient (Wildman–Crippen LogP) is 2.72. The van der Waals surface area contributed by atoms with Crippen molar-refractivity contribution in [2.24, 2.45) is 17.1 Å². The third-order valence-corrected chi connectivity index (χ3v) is 3.30. The molecule has 2 unspecified atom stereocenters. The van der Waals surface area contributed by atoms with E-state index in [0.717, 1.165) is 12.3 Å². The van der Waals surface area contributed by atoms with E-state index < -0.39 is 0 Å². The molecular weight excluding hydrogens is 146 g/mol. The quantitative estimate of drug-likeness (QED) is 0.629. The molecule has 1 nitrogen and oxygen atoms in total. The molecule has 0 aromatic rings. The summed E-state index contributed by atoms with van der Waals surface area (Å²) < 4.78 is 0. The van der Waals surface area contributed by atoms with E-state index in [1.807, 2.05) is 6.08 Å². The van der Waals surface area contributed by atoms with Crippen LogP contribution in [0, 0.1) is 11.3 Å². The maximum Gasteiger partial charge on any atom is 0.00419 e. The Morgan fingerprint density at radius 1 is 1.58 bits per heavy atom. The lowest BCUT2D eigenvalue weighted by Crippen LogP contribution is -2.37. The van der Waals surface area contributed by atoms with Gasteiger partial charge in [-0.3, -0.25) is 0 Å². The van der Waals surface area contributed by atoms with Crippen LogP contribution < -0.4 is 5.73 Å². The highest BCUT2D eigenvalue weighted by Crippen LogP contribution is 2.41. The van der Waals surface area contributed by atoms with Gasteiger partial charge in [0.25, 0.3) is 0 Å². The Kier molecular flexibility index (Phi) is 2.94. The first kappa shape index (κ1) is 9.79. The fourth-order valence-corrected chi connectivity index (χ4v) is 2.18. The fraction of sp³-hybridized carbons (Fsp3) is 0.818. The van der Waals surface area contributed by atoms with E-state index in [0.29, 0.717) is 11.5 Å². The Balaban J connectivity index is 2.58. The van der Waals surface area contributed by atoms with Gasteiger partial charge in [0.2, 0.25) is 0 Å². The van der Waals surface area contributed by atoms with Crippen molar-refractivity contribution < 1.29 is 0 Å². The Morgan fingerprint density at radius 3 is 2.83 bits per heavy atom. The molecule has 0 bridgehead atoms. The van der Waals surface area contributed by atoms with Gasteiger partial charge in [0.15, 0.2) is 0 Å². The summed E-state index contributed by atoms with van der Waals surface area (Å²) in [7, 11) is 0. The van der Waals surface area contributed by atoms with Gasteiger partial charge in [-0.2, -0.15) is 0 Å². The Hall–Kier alpha value is -0.300. The van der Waals surface area contributed by atoms with Gasteiger partial charge in [0.1, 0.15) is 0 Å². The summed E-state index contributed by atoms with van der Waals surface area (Å²) >= 11 is 0. The van der Waals surface area contributed by atoms with E-state index >= 15 is 0 Å². The van der Waals surface area contributed by atoms with Crippen molar-refractivity contribution in [1.82, 2.24) is 0 Å².